The van der Waals surface area contributed by atoms with E-state index in [4.69, 9.17) is 0 Å². The van der Waals surface area contributed by atoms with Gasteiger partial charge in [-0.05, 0) is 72.2 Å². The van der Waals surface area contributed by atoms with Crippen molar-refractivity contribution in [2.45, 2.75) is 57.9 Å². The molecule has 1 atom stereocenters. The Morgan fingerprint density at radius 2 is 1.87 bits per heavy atom. The lowest BCUT2D eigenvalue weighted by atomic mass is 9.93. The first-order chi connectivity index (χ1) is 11.0. The summed E-state index contributed by atoms with van der Waals surface area (Å²) in [5.41, 5.74) is 1.64. The molecule has 0 N–H and O–H groups in total. The molecule has 0 spiro atoms. The van der Waals surface area contributed by atoms with Crippen LogP contribution < -0.4 is 0 Å². The summed E-state index contributed by atoms with van der Waals surface area (Å²) in [6, 6.07) is 2.27. The zero-order chi connectivity index (χ0) is 16.4. The van der Waals surface area contributed by atoms with Gasteiger partial charge in [0.2, 0.25) is 0 Å². The largest absolute Gasteiger partial charge is 0.335 e. The van der Waals surface area contributed by atoms with E-state index in [2.05, 4.69) is 28.8 Å². The predicted molar refractivity (Wildman–Crippen MR) is 90.6 cm³/mol. The van der Waals surface area contributed by atoms with Gasteiger partial charge in [-0.2, -0.15) is 0 Å². The maximum atomic E-state index is 12.9. The summed E-state index contributed by atoms with van der Waals surface area (Å²) in [5.74, 6) is 1.25. The molecule has 1 unspecified atom stereocenters. The molecule has 1 amide bonds. The van der Waals surface area contributed by atoms with Gasteiger partial charge in [-0.1, -0.05) is 0 Å². The van der Waals surface area contributed by atoms with Crippen molar-refractivity contribution in [1.29, 1.82) is 0 Å². The number of hydrogen-bond donors (Lipinski definition) is 0. The van der Waals surface area contributed by atoms with Crippen LogP contribution in [0.2, 0.25) is 0 Å². The van der Waals surface area contributed by atoms with Crippen molar-refractivity contribution in [2.75, 3.05) is 26.7 Å². The van der Waals surface area contributed by atoms with Crippen LogP contribution in [0.1, 0.15) is 67.0 Å². The van der Waals surface area contributed by atoms with Crippen LogP contribution in [0, 0.1) is 6.92 Å². The molecule has 126 valence electrons. The van der Waals surface area contributed by atoms with E-state index >= 15 is 0 Å². The molecule has 2 aliphatic rings. The van der Waals surface area contributed by atoms with Gasteiger partial charge in [-0.3, -0.25) is 4.79 Å². The fourth-order valence-corrected chi connectivity index (χ4v) is 3.76. The number of aryl methyl sites for hydroxylation is 1. The maximum absolute atomic E-state index is 12.9. The topological polar surface area (TPSA) is 49.3 Å². The lowest BCUT2D eigenvalue weighted by Gasteiger charge is -2.33. The normalized spacial score (nSPS) is 24.0. The van der Waals surface area contributed by atoms with Crippen molar-refractivity contribution in [3.63, 3.8) is 0 Å². The highest BCUT2D eigenvalue weighted by atomic mass is 16.2. The highest BCUT2D eigenvalue weighted by Crippen LogP contribution is 2.27. The molecule has 3 rings (SSSR count). The van der Waals surface area contributed by atoms with Gasteiger partial charge in [0.15, 0.2) is 0 Å². The lowest BCUT2D eigenvalue weighted by molar-refractivity contribution is 0.0628. The Hall–Kier alpha value is -1.49. The molecule has 5 nitrogen and oxygen atoms in total. The zero-order valence-electron chi connectivity index (χ0n) is 14.6. The maximum Gasteiger partial charge on any atom is 0.272 e. The molecule has 2 aliphatic heterocycles. The molecule has 5 heteroatoms. The van der Waals surface area contributed by atoms with E-state index in [1.165, 1.54) is 6.42 Å². The van der Waals surface area contributed by atoms with E-state index in [1.54, 1.807) is 0 Å². The summed E-state index contributed by atoms with van der Waals surface area (Å²) in [6.07, 6.45) is 5.63. The van der Waals surface area contributed by atoms with Crippen LogP contribution in [0.4, 0.5) is 0 Å². The van der Waals surface area contributed by atoms with Crippen molar-refractivity contribution < 1.29 is 4.79 Å². The molecule has 1 aromatic heterocycles. The third kappa shape index (κ3) is 3.71. The van der Waals surface area contributed by atoms with Gasteiger partial charge in [0, 0.05) is 24.2 Å². The first-order valence-electron chi connectivity index (χ1n) is 8.89. The highest BCUT2D eigenvalue weighted by Gasteiger charge is 2.27. The van der Waals surface area contributed by atoms with Crippen LogP contribution in [-0.4, -0.2) is 58.4 Å². The number of carbonyl (C=O) groups is 1. The third-order valence-corrected chi connectivity index (χ3v) is 5.28. The molecule has 0 radical (unpaired) electrons. The molecule has 0 aliphatic carbocycles. The SMILES string of the molecule is Cc1nc(C(=O)N2CCCCC2C)cc(C2CCN(C)CC2)n1. The summed E-state index contributed by atoms with van der Waals surface area (Å²) in [6.45, 7) is 7.09. The van der Waals surface area contributed by atoms with Gasteiger partial charge in [0.1, 0.15) is 11.5 Å². The Morgan fingerprint density at radius 3 is 2.57 bits per heavy atom. The Kier molecular flexibility index (Phi) is 4.95. The fraction of sp³-hybridized carbons (Fsp3) is 0.722. The summed E-state index contributed by atoms with van der Waals surface area (Å²) >= 11 is 0. The van der Waals surface area contributed by atoms with Crippen LogP contribution in [0.3, 0.4) is 0 Å². The Bertz CT molecular complexity index is 566. The minimum absolute atomic E-state index is 0.0804. The number of rotatable bonds is 2. The van der Waals surface area contributed by atoms with Crippen molar-refractivity contribution in [3.05, 3.63) is 23.3 Å². The number of amides is 1. The van der Waals surface area contributed by atoms with Crippen molar-refractivity contribution in [1.82, 2.24) is 19.8 Å². The lowest BCUT2D eigenvalue weighted by Crippen LogP contribution is -2.42. The van der Waals surface area contributed by atoms with E-state index in [0.29, 0.717) is 17.7 Å². The monoisotopic (exact) mass is 316 g/mol. The van der Waals surface area contributed by atoms with Gasteiger partial charge in [-0.15, -0.1) is 0 Å². The summed E-state index contributed by atoms with van der Waals surface area (Å²) in [7, 11) is 2.16. The Morgan fingerprint density at radius 1 is 1.13 bits per heavy atom. The highest BCUT2D eigenvalue weighted by molar-refractivity contribution is 5.92. The average molecular weight is 316 g/mol. The quantitative estimate of drug-likeness (QED) is 0.841. The molecule has 0 aromatic carbocycles. The van der Waals surface area contributed by atoms with E-state index in [1.807, 2.05) is 17.9 Å². The van der Waals surface area contributed by atoms with E-state index < -0.39 is 0 Å². The van der Waals surface area contributed by atoms with Crippen LogP contribution in [-0.2, 0) is 0 Å². The van der Waals surface area contributed by atoms with Crippen molar-refractivity contribution in [3.8, 4) is 0 Å². The van der Waals surface area contributed by atoms with Gasteiger partial charge >= 0.3 is 0 Å². The second-order valence-corrected chi connectivity index (χ2v) is 7.15. The first kappa shape index (κ1) is 16.4. The zero-order valence-corrected chi connectivity index (χ0v) is 14.6. The fourth-order valence-electron chi connectivity index (χ4n) is 3.76. The molecule has 0 saturated carbocycles. The van der Waals surface area contributed by atoms with Gasteiger partial charge in [0.25, 0.3) is 5.91 Å². The average Bonchev–Trinajstić information content (AvgIpc) is 2.55. The number of carbonyl (C=O) groups excluding carboxylic acids is 1. The van der Waals surface area contributed by atoms with Crippen LogP contribution in [0.15, 0.2) is 6.07 Å². The Balaban J connectivity index is 1.81. The van der Waals surface area contributed by atoms with Crippen LogP contribution in [0.5, 0.6) is 0 Å². The number of piperidine rings is 2. The second kappa shape index (κ2) is 6.95. The predicted octanol–water partition coefficient (Wildman–Crippen LogP) is 2.61. The van der Waals surface area contributed by atoms with Crippen molar-refractivity contribution >= 4 is 5.91 Å². The van der Waals surface area contributed by atoms with Gasteiger partial charge in [0.05, 0.1) is 0 Å². The van der Waals surface area contributed by atoms with E-state index in [-0.39, 0.29) is 5.91 Å². The summed E-state index contributed by atoms with van der Waals surface area (Å²) in [5, 5.41) is 0. The molecule has 23 heavy (non-hydrogen) atoms. The number of nitrogens with zero attached hydrogens (tertiary/aromatic N) is 4. The van der Waals surface area contributed by atoms with Gasteiger partial charge < -0.3 is 9.80 Å². The van der Waals surface area contributed by atoms with Crippen LogP contribution in [0.25, 0.3) is 0 Å². The number of likely N-dealkylation sites (tertiary alicyclic amines) is 2. The minimum atomic E-state index is 0.0804. The number of hydrogen-bond acceptors (Lipinski definition) is 4. The van der Waals surface area contributed by atoms with Crippen molar-refractivity contribution in [2.24, 2.45) is 0 Å². The summed E-state index contributed by atoms with van der Waals surface area (Å²) < 4.78 is 0. The summed E-state index contributed by atoms with van der Waals surface area (Å²) in [4.78, 5) is 26.3. The van der Waals surface area contributed by atoms with E-state index in [0.717, 1.165) is 56.8 Å². The molecule has 0 bridgehead atoms. The Labute approximate surface area is 139 Å². The molecule has 3 heterocycles. The van der Waals surface area contributed by atoms with Gasteiger partial charge in [-0.25, -0.2) is 9.97 Å². The molecule has 1 aromatic rings. The second-order valence-electron chi connectivity index (χ2n) is 7.15. The molecule has 2 saturated heterocycles. The van der Waals surface area contributed by atoms with Crippen LogP contribution >= 0.6 is 0 Å². The smallest absolute Gasteiger partial charge is 0.272 e. The standard InChI is InChI=1S/C18H28N4O/c1-13-6-4-5-9-22(13)18(23)17-12-16(19-14(2)20-17)15-7-10-21(3)11-8-15/h12-13,15H,4-11H2,1-3H3. The minimum Gasteiger partial charge on any atom is -0.335 e. The molecular weight excluding hydrogens is 288 g/mol. The van der Waals surface area contributed by atoms with E-state index in [9.17, 15) is 4.79 Å². The molecular formula is C18H28N4O. The molecule has 2 fully saturated rings. The first-order valence-corrected chi connectivity index (χ1v) is 8.89. The number of aromatic nitrogens is 2. The third-order valence-electron chi connectivity index (χ3n) is 5.28.